The second-order valence-electron chi connectivity index (χ2n) is 7.20. The first kappa shape index (κ1) is 21.5. The number of hydrogen-bond acceptors (Lipinski definition) is 3. The lowest BCUT2D eigenvalue weighted by Gasteiger charge is -2.11. The van der Waals surface area contributed by atoms with Crippen LogP contribution in [0.5, 0.6) is 0 Å². The fourth-order valence-electron chi connectivity index (χ4n) is 3.30. The molecule has 0 radical (unpaired) electrons. The largest absolute Gasteiger partial charge is 0.350 e. The molecule has 3 aromatic carbocycles. The van der Waals surface area contributed by atoms with Crippen LogP contribution in [0.1, 0.15) is 21.7 Å². The topological polar surface area (TPSA) is 76.0 Å². The second kappa shape index (κ2) is 9.62. The van der Waals surface area contributed by atoms with Gasteiger partial charge in [-0.05, 0) is 54.1 Å². The van der Waals surface area contributed by atoms with Gasteiger partial charge in [-0.3, -0.25) is 9.59 Å². The standard InChI is InChI=1S/C24H20ClFN4O2/c25-18-9-7-17(8-10-18)24(32)28-14-22-29-20-3-1-2-4-21(20)30(22)15-23(31)27-13-16-5-11-19(26)12-6-16/h1-12H,13-15H2,(H,27,31)(H,28,32). The van der Waals surface area contributed by atoms with E-state index in [4.69, 9.17) is 11.6 Å². The number of nitrogens with one attached hydrogen (secondary N) is 2. The van der Waals surface area contributed by atoms with Gasteiger partial charge in [0, 0.05) is 17.1 Å². The van der Waals surface area contributed by atoms with Crippen molar-refractivity contribution in [3.63, 3.8) is 0 Å². The van der Waals surface area contributed by atoms with Crippen molar-refractivity contribution in [1.82, 2.24) is 20.2 Å². The number of para-hydroxylation sites is 2. The van der Waals surface area contributed by atoms with E-state index in [9.17, 15) is 14.0 Å². The maximum atomic E-state index is 13.1. The zero-order valence-corrected chi connectivity index (χ0v) is 17.8. The molecule has 2 N–H and O–H groups in total. The maximum absolute atomic E-state index is 13.1. The Balaban J connectivity index is 1.47. The molecule has 0 unspecified atom stereocenters. The summed E-state index contributed by atoms with van der Waals surface area (Å²) < 4.78 is 14.8. The second-order valence-corrected chi connectivity index (χ2v) is 7.63. The average molecular weight is 451 g/mol. The summed E-state index contributed by atoms with van der Waals surface area (Å²) in [6, 6.07) is 20.0. The molecule has 0 bridgehead atoms. The SMILES string of the molecule is O=C(Cn1c(CNC(=O)c2ccc(Cl)cc2)nc2ccccc21)NCc1ccc(F)cc1. The molecule has 4 rings (SSSR count). The summed E-state index contributed by atoms with van der Waals surface area (Å²) in [5.41, 5.74) is 2.80. The molecule has 4 aromatic rings. The Kier molecular flexibility index (Phi) is 6.47. The van der Waals surface area contributed by atoms with E-state index in [1.807, 2.05) is 24.3 Å². The third-order valence-corrected chi connectivity index (χ3v) is 5.20. The van der Waals surface area contributed by atoms with Crippen LogP contribution in [0.15, 0.2) is 72.8 Å². The Hall–Kier alpha value is -3.71. The van der Waals surface area contributed by atoms with Crippen LogP contribution < -0.4 is 10.6 Å². The minimum atomic E-state index is -0.324. The van der Waals surface area contributed by atoms with E-state index >= 15 is 0 Å². The normalized spacial score (nSPS) is 10.8. The first-order valence-electron chi connectivity index (χ1n) is 9.98. The van der Waals surface area contributed by atoms with Gasteiger partial charge >= 0.3 is 0 Å². The zero-order chi connectivity index (χ0) is 22.5. The van der Waals surface area contributed by atoms with E-state index < -0.39 is 0 Å². The summed E-state index contributed by atoms with van der Waals surface area (Å²) in [6.45, 7) is 0.476. The summed E-state index contributed by atoms with van der Waals surface area (Å²) in [5, 5.41) is 6.23. The number of benzene rings is 3. The molecule has 0 saturated heterocycles. The number of carbonyl (C=O) groups is 2. The number of nitrogens with zero attached hydrogens (tertiary/aromatic N) is 2. The monoisotopic (exact) mass is 450 g/mol. The van der Waals surface area contributed by atoms with Gasteiger partial charge in [0.15, 0.2) is 0 Å². The zero-order valence-electron chi connectivity index (χ0n) is 17.0. The number of amides is 2. The van der Waals surface area contributed by atoms with Crippen LogP contribution in [0, 0.1) is 5.82 Å². The van der Waals surface area contributed by atoms with Gasteiger partial charge in [-0.25, -0.2) is 9.37 Å². The first-order valence-corrected chi connectivity index (χ1v) is 10.4. The van der Waals surface area contributed by atoms with Crippen LogP contribution in [0.3, 0.4) is 0 Å². The Labute approximate surface area is 189 Å². The van der Waals surface area contributed by atoms with Crippen molar-refractivity contribution in [1.29, 1.82) is 0 Å². The fourth-order valence-corrected chi connectivity index (χ4v) is 3.43. The Bertz CT molecular complexity index is 1250. The predicted octanol–water partition coefficient (Wildman–Crippen LogP) is 4.08. The number of carbonyl (C=O) groups excluding carboxylic acids is 2. The van der Waals surface area contributed by atoms with E-state index in [1.165, 1.54) is 12.1 Å². The summed E-state index contributed by atoms with van der Waals surface area (Å²) in [7, 11) is 0. The number of hydrogen-bond donors (Lipinski definition) is 2. The third-order valence-electron chi connectivity index (χ3n) is 4.95. The molecule has 0 aliphatic rings. The molecule has 0 aliphatic heterocycles. The van der Waals surface area contributed by atoms with Crippen LogP contribution >= 0.6 is 11.6 Å². The summed E-state index contributed by atoms with van der Waals surface area (Å²) in [6.07, 6.45) is 0. The molecular formula is C24H20ClFN4O2. The van der Waals surface area contributed by atoms with Gasteiger partial charge < -0.3 is 15.2 Å². The van der Waals surface area contributed by atoms with Crippen LogP contribution in [0.25, 0.3) is 11.0 Å². The van der Waals surface area contributed by atoms with Crippen LogP contribution in [-0.2, 0) is 24.4 Å². The van der Waals surface area contributed by atoms with E-state index in [-0.39, 0.29) is 37.3 Å². The van der Waals surface area contributed by atoms with Crippen molar-refractivity contribution in [2.75, 3.05) is 0 Å². The predicted molar refractivity (Wildman–Crippen MR) is 121 cm³/mol. The highest BCUT2D eigenvalue weighted by atomic mass is 35.5. The van der Waals surface area contributed by atoms with Crippen molar-refractivity contribution < 1.29 is 14.0 Å². The van der Waals surface area contributed by atoms with Gasteiger partial charge in [-0.1, -0.05) is 35.9 Å². The van der Waals surface area contributed by atoms with Gasteiger partial charge in [0.05, 0.1) is 17.6 Å². The molecule has 0 spiro atoms. The number of aromatic nitrogens is 2. The van der Waals surface area contributed by atoms with Gasteiger partial charge in [0.1, 0.15) is 18.2 Å². The highest BCUT2D eigenvalue weighted by molar-refractivity contribution is 6.30. The lowest BCUT2D eigenvalue weighted by Crippen LogP contribution is -2.29. The van der Waals surface area contributed by atoms with Crippen molar-refractivity contribution >= 4 is 34.4 Å². The minimum absolute atomic E-state index is 0.0356. The van der Waals surface area contributed by atoms with Crippen LogP contribution in [0.4, 0.5) is 4.39 Å². The van der Waals surface area contributed by atoms with Gasteiger partial charge in [-0.2, -0.15) is 0 Å². The molecule has 2 amide bonds. The number of imidazole rings is 1. The van der Waals surface area contributed by atoms with E-state index in [2.05, 4.69) is 15.6 Å². The average Bonchev–Trinajstić information content (AvgIpc) is 3.15. The molecule has 0 aliphatic carbocycles. The Morgan fingerprint density at radius 2 is 1.62 bits per heavy atom. The highest BCUT2D eigenvalue weighted by Crippen LogP contribution is 2.16. The first-order chi connectivity index (χ1) is 15.5. The van der Waals surface area contributed by atoms with E-state index in [0.717, 1.165) is 16.6 Å². The molecule has 1 aromatic heterocycles. The van der Waals surface area contributed by atoms with Crippen molar-refractivity contribution in [3.8, 4) is 0 Å². The van der Waals surface area contributed by atoms with Crippen LogP contribution in [0.2, 0.25) is 5.02 Å². The number of fused-ring (bicyclic) bond motifs is 1. The van der Waals surface area contributed by atoms with Crippen LogP contribution in [-0.4, -0.2) is 21.4 Å². The quantitative estimate of drug-likeness (QED) is 0.445. The maximum Gasteiger partial charge on any atom is 0.251 e. The third kappa shape index (κ3) is 5.12. The summed E-state index contributed by atoms with van der Waals surface area (Å²) in [5.74, 6) is -0.246. The highest BCUT2D eigenvalue weighted by Gasteiger charge is 2.15. The van der Waals surface area contributed by atoms with Crippen molar-refractivity contribution in [2.24, 2.45) is 0 Å². The molecule has 1 heterocycles. The Morgan fingerprint density at radius 1 is 0.906 bits per heavy atom. The summed E-state index contributed by atoms with van der Waals surface area (Å²) in [4.78, 5) is 29.6. The molecule has 0 atom stereocenters. The minimum Gasteiger partial charge on any atom is -0.350 e. The van der Waals surface area contributed by atoms with Gasteiger partial charge in [0.2, 0.25) is 5.91 Å². The fraction of sp³-hybridized carbons (Fsp3) is 0.125. The van der Waals surface area contributed by atoms with Crippen molar-refractivity contribution in [2.45, 2.75) is 19.6 Å². The van der Waals surface area contributed by atoms with Gasteiger partial charge in [0.25, 0.3) is 5.91 Å². The van der Waals surface area contributed by atoms with Crippen molar-refractivity contribution in [3.05, 3.63) is 101 Å². The molecule has 32 heavy (non-hydrogen) atoms. The number of halogens is 2. The van der Waals surface area contributed by atoms with Gasteiger partial charge in [-0.15, -0.1) is 0 Å². The lowest BCUT2D eigenvalue weighted by molar-refractivity contribution is -0.121. The molecule has 162 valence electrons. The Morgan fingerprint density at radius 3 is 2.38 bits per heavy atom. The van der Waals surface area contributed by atoms with E-state index in [1.54, 1.807) is 41.0 Å². The smallest absolute Gasteiger partial charge is 0.251 e. The molecule has 8 heteroatoms. The molecule has 6 nitrogen and oxygen atoms in total. The summed E-state index contributed by atoms with van der Waals surface area (Å²) >= 11 is 5.88. The lowest BCUT2D eigenvalue weighted by atomic mass is 10.2. The molecular weight excluding hydrogens is 431 g/mol. The number of rotatable bonds is 7. The molecule has 0 fully saturated rings. The molecule has 0 saturated carbocycles. The van der Waals surface area contributed by atoms with E-state index in [0.29, 0.717) is 16.4 Å².